The molecule has 0 unspecified atom stereocenters. The van der Waals surface area contributed by atoms with Crippen LogP contribution in [0.4, 0.5) is 0 Å². The maximum atomic E-state index is 8.78. The van der Waals surface area contributed by atoms with Gasteiger partial charge in [-0.15, -0.1) is 0 Å². The number of ether oxygens (including phenoxy) is 2. The van der Waals surface area contributed by atoms with Gasteiger partial charge in [0.1, 0.15) is 18.1 Å². The lowest BCUT2D eigenvalue weighted by Crippen LogP contribution is -1.97. The third-order valence-electron chi connectivity index (χ3n) is 2.87. The predicted molar refractivity (Wildman–Crippen MR) is 82.3 cm³/mol. The van der Waals surface area contributed by atoms with Gasteiger partial charge in [0.15, 0.2) is 0 Å². The van der Waals surface area contributed by atoms with Crippen molar-refractivity contribution in [1.29, 1.82) is 0 Å². The van der Waals surface area contributed by atoms with Crippen molar-refractivity contribution in [3.8, 4) is 23.3 Å². The summed E-state index contributed by atoms with van der Waals surface area (Å²) in [6.07, 6.45) is 0.452. The summed E-state index contributed by atoms with van der Waals surface area (Å²) in [5.74, 6) is 7.48. The lowest BCUT2D eigenvalue weighted by atomic mass is 10.1. The Hall–Kier alpha value is -2.44. The van der Waals surface area contributed by atoms with Crippen molar-refractivity contribution in [3.63, 3.8) is 0 Å². The van der Waals surface area contributed by atoms with Gasteiger partial charge in [-0.2, -0.15) is 0 Å². The van der Waals surface area contributed by atoms with Crippen LogP contribution in [0.2, 0.25) is 0 Å². The lowest BCUT2D eigenvalue weighted by molar-refractivity contribution is 0.305. The molecule has 0 saturated heterocycles. The van der Waals surface area contributed by atoms with Gasteiger partial charge in [0.2, 0.25) is 0 Å². The summed E-state index contributed by atoms with van der Waals surface area (Å²) < 4.78 is 11.0. The first-order valence-corrected chi connectivity index (χ1v) is 6.78. The number of benzene rings is 2. The van der Waals surface area contributed by atoms with E-state index in [0.29, 0.717) is 13.0 Å². The quantitative estimate of drug-likeness (QED) is 0.857. The molecule has 0 aromatic heterocycles. The van der Waals surface area contributed by atoms with Crippen molar-refractivity contribution in [2.45, 2.75) is 13.0 Å². The van der Waals surface area contributed by atoms with Gasteiger partial charge in [-0.25, -0.2) is 0 Å². The van der Waals surface area contributed by atoms with Crippen LogP contribution < -0.4 is 9.47 Å². The van der Waals surface area contributed by atoms with Gasteiger partial charge in [-0.05, 0) is 29.8 Å². The highest BCUT2D eigenvalue weighted by Gasteiger charge is 2.03. The summed E-state index contributed by atoms with van der Waals surface area (Å²) in [7, 11) is 1.62. The maximum Gasteiger partial charge on any atom is 0.134 e. The molecule has 0 radical (unpaired) electrons. The van der Waals surface area contributed by atoms with Crippen molar-refractivity contribution < 1.29 is 14.6 Å². The predicted octanol–water partition coefficient (Wildman–Crippen LogP) is 3.01. The molecule has 3 heteroatoms. The molecule has 0 spiro atoms. The molecule has 2 aromatic carbocycles. The molecule has 0 aliphatic rings. The van der Waals surface area contributed by atoms with Crippen LogP contribution in [0.3, 0.4) is 0 Å². The summed E-state index contributed by atoms with van der Waals surface area (Å²) in [6, 6.07) is 15.5. The number of para-hydroxylation sites is 1. The molecule has 108 valence electrons. The fourth-order valence-corrected chi connectivity index (χ4v) is 1.84. The lowest BCUT2D eigenvalue weighted by Gasteiger charge is -2.08. The minimum absolute atomic E-state index is 0.0616. The number of hydrogen-bond acceptors (Lipinski definition) is 3. The Kier molecular flexibility index (Phi) is 5.69. The van der Waals surface area contributed by atoms with Gasteiger partial charge < -0.3 is 14.6 Å². The molecule has 0 heterocycles. The van der Waals surface area contributed by atoms with Crippen LogP contribution in [0.15, 0.2) is 48.5 Å². The van der Waals surface area contributed by atoms with Crippen LogP contribution in [0.5, 0.6) is 11.5 Å². The standard InChI is InChI=1S/C18H18O3/c1-20-18-11-10-15(13-16(18)7-5-6-12-19)14-21-17-8-3-2-4-9-17/h2-4,8-11,13,19H,6,12,14H2,1H3. The zero-order valence-electron chi connectivity index (χ0n) is 12.0. The molecule has 2 aromatic rings. The number of rotatable bonds is 5. The molecule has 0 fully saturated rings. The minimum atomic E-state index is 0.0616. The van der Waals surface area contributed by atoms with Crippen LogP contribution in [-0.4, -0.2) is 18.8 Å². The van der Waals surface area contributed by atoms with Gasteiger partial charge in [0, 0.05) is 6.42 Å². The normalized spacial score (nSPS) is 9.62. The molecule has 0 aliphatic heterocycles. The largest absolute Gasteiger partial charge is 0.495 e. The van der Waals surface area contributed by atoms with E-state index in [0.717, 1.165) is 22.6 Å². The van der Waals surface area contributed by atoms with Crippen molar-refractivity contribution in [1.82, 2.24) is 0 Å². The monoisotopic (exact) mass is 282 g/mol. The topological polar surface area (TPSA) is 38.7 Å². The highest BCUT2D eigenvalue weighted by atomic mass is 16.5. The molecule has 0 saturated carbocycles. The number of hydrogen-bond donors (Lipinski definition) is 1. The zero-order valence-corrected chi connectivity index (χ0v) is 12.0. The second-order valence-electron chi connectivity index (χ2n) is 4.41. The Labute approximate surface area is 125 Å². The second kappa shape index (κ2) is 7.98. The number of aliphatic hydroxyl groups excluding tert-OH is 1. The minimum Gasteiger partial charge on any atom is -0.495 e. The van der Waals surface area contributed by atoms with Crippen molar-refractivity contribution in [2.75, 3.05) is 13.7 Å². The summed E-state index contributed by atoms with van der Waals surface area (Å²) in [4.78, 5) is 0. The molecular weight excluding hydrogens is 264 g/mol. The van der Waals surface area contributed by atoms with Crippen molar-refractivity contribution in [2.24, 2.45) is 0 Å². The van der Waals surface area contributed by atoms with Gasteiger partial charge in [0.25, 0.3) is 0 Å². The Morgan fingerprint density at radius 3 is 2.62 bits per heavy atom. The van der Waals surface area contributed by atoms with Gasteiger partial charge >= 0.3 is 0 Å². The van der Waals surface area contributed by atoms with Crippen LogP contribution in [0.1, 0.15) is 17.5 Å². The van der Waals surface area contributed by atoms with Crippen LogP contribution >= 0.6 is 0 Å². The first kappa shape index (κ1) is 15.0. The van der Waals surface area contributed by atoms with Gasteiger partial charge in [-0.3, -0.25) is 0 Å². The summed E-state index contributed by atoms with van der Waals surface area (Å²) in [5.41, 5.74) is 1.83. The fourth-order valence-electron chi connectivity index (χ4n) is 1.84. The van der Waals surface area contributed by atoms with E-state index in [1.54, 1.807) is 7.11 Å². The summed E-state index contributed by atoms with van der Waals surface area (Å²) in [6.45, 7) is 0.537. The molecule has 0 bridgehead atoms. The van der Waals surface area contributed by atoms with E-state index >= 15 is 0 Å². The van der Waals surface area contributed by atoms with E-state index in [9.17, 15) is 0 Å². The number of methoxy groups -OCH3 is 1. The highest BCUT2D eigenvalue weighted by molar-refractivity contribution is 5.48. The third kappa shape index (κ3) is 4.55. The SMILES string of the molecule is COc1ccc(COc2ccccc2)cc1C#CCCO. The molecule has 3 nitrogen and oxygen atoms in total. The third-order valence-corrected chi connectivity index (χ3v) is 2.87. The highest BCUT2D eigenvalue weighted by Crippen LogP contribution is 2.20. The summed E-state index contributed by atoms with van der Waals surface area (Å²) >= 11 is 0. The molecule has 21 heavy (non-hydrogen) atoms. The average molecular weight is 282 g/mol. The van der Waals surface area contributed by atoms with E-state index in [-0.39, 0.29) is 6.61 Å². The molecule has 0 atom stereocenters. The smallest absolute Gasteiger partial charge is 0.134 e. The Morgan fingerprint density at radius 1 is 1.10 bits per heavy atom. The van der Waals surface area contributed by atoms with Gasteiger partial charge in [0.05, 0.1) is 19.3 Å². The van der Waals surface area contributed by atoms with E-state index in [1.165, 1.54) is 0 Å². The number of aliphatic hydroxyl groups is 1. The zero-order chi connectivity index (χ0) is 14.9. The fraction of sp³-hybridized carbons (Fsp3) is 0.222. The van der Waals surface area contributed by atoms with Crippen molar-refractivity contribution >= 4 is 0 Å². The Morgan fingerprint density at radius 2 is 1.90 bits per heavy atom. The second-order valence-corrected chi connectivity index (χ2v) is 4.41. The van der Waals surface area contributed by atoms with E-state index < -0.39 is 0 Å². The molecule has 2 rings (SSSR count). The van der Waals surface area contributed by atoms with E-state index in [1.807, 2.05) is 48.5 Å². The molecule has 0 amide bonds. The van der Waals surface area contributed by atoms with Crippen LogP contribution in [0.25, 0.3) is 0 Å². The van der Waals surface area contributed by atoms with Crippen molar-refractivity contribution in [3.05, 3.63) is 59.7 Å². The molecule has 0 aliphatic carbocycles. The van der Waals surface area contributed by atoms with E-state index in [4.69, 9.17) is 14.6 Å². The average Bonchev–Trinajstić information content (AvgIpc) is 2.54. The Balaban J connectivity index is 2.10. The maximum absolute atomic E-state index is 8.78. The summed E-state index contributed by atoms with van der Waals surface area (Å²) in [5, 5.41) is 8.78. The molecule has 1 N–H and O–H groups in total. The Bertz CT molecular complexity index is 624. The first-order valence-electron chi connectivity index (χ1n) is 6.78. The van der Waals surface area contributed by atoms with Crippen LogP contribution in [0, 0.1) is 11.8 Å². The van der Waals surface area contributed by atoms with Gasteiger partial charge in [-0.1, -0.05) is 36.1 Å². The van der Waals surface area contributed by atoms with E-state index in [2.05, 4.69) is 11.8 Å². The van der Waals surface area contributed by atoms with Crippen LogP contribution in [-0.2, 0) is 6.61 Å². The first-order chi connectivity index (χ1) is 10.3. The molecular formula is C18H18O3.